The lowest BCUT2D eigenvalue weighted by Gasteiger charge is -2.53. The minimum atomic E-state index is -1.88. The molecule has 8 fully saturated rings. The molecular formula is C48H73NO12. The van der Waals surface area contributed by atoms with Gasteiger partial charge in [-0.2, -0.15) is 0 Å². The van der Waals surface area contributed by atoms with Crippen molar-refractivity contribution in [3.05, 3.63) is 36.0 Å². The number of allylic oxidation sites excluding steroid dienone is 1. The Bertz CT molecular complexity index is 1740. The molecule has 9 aliphatic heterocycles. The van der Waals surface area contributed by atoms with Crippen LogP contribution in [0.2, 0.25) is 0 Å². The highest BCUT2D eigenvalue weighted by Crippen LogP contribution is 2.56. The number of piperidine rings is 1. The minimum Gasteiger partial charge on any atom is -0.481 e. The van der Waals surface area contributed by atoms with Crippen LogP contribution in [0.5, 0.6) is 0 Å². The third-order valence-corrected chi connectivity index (χ3v) is 16.2. The van der Waals surface area contributed by atoms with E-state index in [-0.39, 0.29) is 60.8 Å². The van der Waals surface area contributed by atoms with Gasteiger partial charge in [-0.15, -0.1) is 0 Å². The number of hydrogen-bond donors (Lipinski definition) is 4. The van der Waals surface area contributed by atoms with E-state index in [1.165, 1.54) is 0 Å². The highest BCUT2D eigenvalue weighted by Gasteiger charge is 2.64. The molecule has 0 unspecified atom stereocenters. The first-order chi connectivity index (χ1) is 28.8. The van der Waals surface area contributed by atoms with Crippen molar-refractivity contribution in [2.45, 2.75) is 216 Å². The molecule has 61 heavy (non-hydrogen) atoms. The van der Waals surface area contributed by atoms with Crippen LogP contribution in [-0.4, -0.2) is 112 Å². The smallest absolute Gasteiger partial charge is 0.303 e. The van der Waals surface area contributed by atoms with Crippen molar-refractivity contribution < 1.29 is 58.0 Å². The first-order valence-electron chi connectivity index (χ1n) is 23.6. The summed E-state index contributed by atoms with van der Waals surface area (Å²) in [5, 5.41) is 37.4. The molecule has 20 atom stereocenters. The summed E-state index contributed by atoms with van der Waals surface area (Å²) in [6.45, 7) is 20.6. The number of carboxylic acid groups (broad SMARTS) is 1. The summed E-state index contributed by atoms with van der Waals surface area (Å²) in [7, 11) is 0. The average Bonchev–Trinajstić information content (AvgIpc) is 3.86. The van der Waals surface area contributed by atoms with Crippen LogP contribution in [-0.2, 0) is 42.7 Å². The molecule has 9 aliphatic rings. The number of fused-ring (bicyclic) bond motifs is 5. The van der Waals surface area contributed by atoms with Gasteiger partial charge in [0.25, 0.3) is 0 Å². The van der Waals surface area contributed by atoms with Crippen molar-refractivity contribution in [1.82, 2.24) is 5.32 Å². The van der Waals surface area contributed by atoms with E-state index in [0.29, 0.717) is 69.1 Å². The molecule has 342 valence electrons. The number of carbonyl (C=O) groups is 1. The molecule has 13 heteroatoms. The molecule has 0 aromatic carbocycles. The third kappa shape index (κ3) is 8.16. The molecule has 0 radical (unpaired) electrons. The monoisotopic (exact) mass is 856 g/mol. The molecule has 4 N–H and O–H groups in total. The van der Waals surface area contributed by atoms with E-state index >= 15 is 0 Å². The molecule has 3 spiro atoms. The van der Waals surface area contributed by atoms with Crippen molar-refractivity contribution in [3.63, 3.8) is 0 Å². The fourth-order valence-corrected chi connectivity index (χ4v) is 13.2. The molecule has 9 heterocycles. The van der Waals surface area contributed by atoms with Crippen LogP contribution in [0.3, 0.4) is 0 Å². The number of carboxylic acids is 1. The van der Waals surface area contributed by atoms with Crippen LogP contribution in [0.15, 0.2) is 36.0 Å². The molecule has 0 aromatic heterocycles. The molecule has 8 saturated heterocycles. The second-order valence-corrected chi connectivity index (χ2v) is 21.5. The van der Waals surface area contributed by atoms with Crippen LogP contribution < -0.4 is 5.32 Å². The van der Waals surface area contributed by atoms with E-state index in [4.69, 9.17) is 43.0 Å². The highest BCUT2D eigenvalue weighted by molar-refractivity contribution is 5.66. The van der Waals surface area contributed by atoms with Crippen LogP contribution in [0.25, 0.3) is 0 Å². The minimum absolute atomic E-state index is 0.0155. The number of aliphatic hydroxyl groups excluding tert-OH is 1. The van der Waals surface area contributed by atoms with Crippen molar-refractivity contribution in [1.29, 1.82) is 0 Å². The van der Waals surface area contributed by atoms with Gasteiger partial charge in [0.2, 0.25) is 0 Å². The maximum Gasteiger partial charge on any atom is 0.303 e. The fraction of sp³-hybridized carbons (Fsp3) is 0.854. The standard InChI is InChI=1S/C48H73NO12/c1-26-16-34(11-9-10-12-40(50)51)55-44(21-26)13-14-47(61-44)32(7)19-35-36(58-47)20-38(54-35)43(52)48(53)33(8)18-29(4)41(60-48)30(5)23-45-22-27(2)17-37(56-45)42-39(57-45)24-46(59-42)31(6)15-28(3)25-49-46/h9,11,16,27-29,31-39,41-43,49,52-53H,5,10,12-15,17-25H2,1-4,6-8H3,(H,50,51)/t27-,28+,29-,31-,32+,33+,34+,35+,36+,37-,38-,39+,41-,42+,43+,44+,45+,46-,47-,48+/m0/s1. The quantitative estimate of drug-likeness (QED) is 0.183. The third-order valence-electron chi connectivity index (χ3n) is 16.2. The zero-order valence-electron chi connectivity index (χ0n) is 37.5. The Morgan fingerprint density at radius 3 is 2.44 bits per heavy atom. The van der Waals surface area contributed by atoms with Gasteiger partial charge in [-0.3, -0.25) is 10.1 Å². The van der Waals surface area contributed by atoms with Crippen molar-refractivity contribution >= 4 is 5.97 Å². The maximum absolute atomic E-state index is 12.4. The van der Waals surface area contributed by atoms with Crippen molar-refractivity contribution in [2.75, 3.05) is 6.54 Å². The van der Waals surface area contributed by atoms with E-state index in [2.05, 4.69) is 59.5 Å². The molecule has 0 aromatic rings. The van der Waals surface area contributed by atoms with Gasteiger partial charge < -0.3 is 53.2 Å². The molecule has 0 saturated carbocycles. The van der Waals surface area contributed by atoms with Gasteiger partial charge in [0, 0.05) is 69.7 Å². The van der Waals surface area contributed by atoms with Gasteiger partial charge >= 0.3 is 5.97 Å². The molecule has 0 aliphatic carbocycles. The number of nitrogens with one attached hydrogen (secondary N) is 1. The molecule has 9 rings (SSSR count). The largest absolute Gasteiger partial charge is 0.481 e. The number of rotatable bonds is 9. The summed E-state index contributed by atoms with van der Waals surface area (Å²) in [5.41, 5.74) is 1.54. The lowest BCUT2D eigenvalue weighted by molar-refractivity contribution is -0.367. The number of hydrogen-bond acceptors (Lipinski definition) is 12. The molecule has 0 amide bonds. The maximum atomic E-state index is 12.4. The van der Waals surface area contributed by atoms with Crippen LogP contribution in [0.4, 0.5) is 0 Å². The van der Waals surface area contributed by atoms with Crippen LogP contribution in [0.1, 0.15) is 132 Å². The lowest BCUT2D eigenvalue weighted by atomic mass is 9.76. The molecular weight excluding hydrogens is 783 g/mol. The zero-order chi connectivity index (χ0) is 43.3. The van der Waals surface area contributed by atoms with Gasteiger partial charge in [0.1, 0.15) is 17.9 Å². The van der Waals surface area contributed by atoms with Gasteiger partial charge in [-0.25, -0.2) is 0 Å². The summed E-state index contributed by atoms with van der Waals surface area (Å²) in [6.07, 6.45) is 10.1. The Morgan fingerprint density at radius 1 is 0.885 bits per heavy atom. The molecule has 2 bridgehead atoms. The zero-order valence-corrected chi connectivity index (χ0v) is 37.5. The first-order valence-corrected chi connectivity index (χ1v) is 23.6. The van der Waals surface area contributed by atoms with E-state index in [9.17, 15) is 15.0 Å². The van der Waals surface area contributed by atoms with Crippen molar-refractivity contribution in [3.8, 4) is 0 Å². The van der Waals surface area contributed by atoms with E-state index in [0.717, 1.165) is 43.4 Å². The van der Waals surface area contributed by atoms with E-state index < -0.39 is 53.2 Å². The lowest BCUT2D eigenvalue weighted by Crippen LogP contribution is -2.62. The Labute approximate surface area is 362 Å². The molecule has 13 nitrogen and oxygen atoms in total. The Kier molecular flexibility index (Phi) is 11.9. The number of aliphatic hydroxyl groups is 2. The SMILES string of the molecule is C=C(C[C@]12C[C@@H](C)C[C@H](O1)[C@H]1O[C@]3(C[C@H]1O2)NC[C@H](C)C[C@@H]3C)[C@H]1O[C@@](O)([C@H](O)[C@@H]2C[C@H]3O[C@]4(CC[C@]5(CC(C)=C[C@@H](C=CCCC(=O)O)O5)O4)[C@H](C)C[C@H]3O2)[C@H](C)C[C@@H]1C. The normalized spacial score (nSPS) is 52.4. The predicted molar refractivity (Wildman–Crippen MR) is 224 cm³/mol. The highest BCUT2D eigenvalue weighted by atomic mass is 16.8. The Hall–Kier alpha value is -1.75. The van der Waals surface area contributed by atoms with Crippen molar-refractivity contribution in [2.24, 2.45) is 35.5 Å². The van der Waals surface area contributed by atoms with Gasteiger partial charge in [0.05, 0.1) is 42.7 Å². The number of ether oxygens (including phenoxy) is 8. The second-order valence-electron chi connectivity index (χ2n) is 21.5. The van der Waals surface area contributed by atoms with E-state index in [1.54, 1.807) is 0 Å². The van der Waals surface area contributed by atoms with E-state index in [1.807, 2.05) is 19.1 Å². The van der Waals surface area contributed by atoms with Gasteiger partial charge in [-0.1, -0.05) is 71.9 Å². The summed E-state index contributed by atoms with van der Waals surface area (Å²) in [4.78, 5) is 11.0. The Morgan fingerprint density at radius 2 is 1.67 bits per heavy atom. The summed E-state index contributed by atoms with van der Waals surface area (Å²) in [5.74, 6) is -4.32. The van der Waals surface area contributed by atoms with Gasteiger partial charge in [-0.05, 0) is 68.3 Å². The summed E-state index contributed by atoms with van der Waals surface area (Å²) >= 11 is 0. The van der Waals surface area contributed by atoms with Crippen LogP contribution in [0, 0.1) is 35.5 Å². The number of aliphatic carboxylic acids is 1. The Balaban J connectivity index is 0.850. The first kappa shape index (κ1) is 44.5. The summed E-state index contributed by atoms with van der Waals surface area (Å²) < 4.78 is 54.4. The fourth-order valence-electron chi connectivity index (χ4n) is 13.2. The van der Waals surface area contributed by atoms with Gasteiger partial charge in [0.15, 0.2) is 23.1 Å². The second kappa shape index (κ2) is 16.3. The average molecular weight is 856 g/mol. The van der Waals surface area contributed by atoms with Crippen LogP contribution >= 0.6 is 0 Å². The topological polar surface area (TPSA) is 164 Å². The predicted octanol–water partition coefficient (Wildman–Crippen LogP) is 6.65. The summed E-state index contributed by atoms with van der Waals surface area (Å²) in [6, 6.07) is 0.